The van der Waals surface area contributed by atoms with Gasteiger partial charge in [-0.15, -0.1) is 0 Å². The van der Waals surface area contributed by atoms with Gasteiger partial charge in [-0.1, -0.05) is 35.5 Å². The second kappa shape index (κ2) is 7.89. The topological polar surface area (TPSA) is 36.5 Å². The van der Waals surface area contributed by atoms with Crippen LogP contribution in [0.4, 0.5) is 0 Å². The maximum absolute atomic E-state index is 8.60. The first-order valence-corrected chi connectivity index (χ1v) is 5.99. The van der Waals surface area contributed by atoms with Gasteiger partial charge in [-0.3, -0.25) is 0 Å². The summed E-state index contributed by atoms with van der Waals surface area (Å²) < 4.78 is 1.92. The number of oxime groups is 1. The zero-order valence-corrected chi connectivity index (χ0v) is 13.0. The van der Waals surface area contributed by atoms with Gasteiger partial charge in [0, 0.05) is 12.1 Å². The van der Waals surface area contributed by atoms with Crippen LogP contribution in [0.2, 0.25) is 0 Å². The third-order valence-electron chi connectivity index (χ3n) is 2.99. The summed E-state index contributed by atoms with van der Waals surface area (Å²) >= 11 is 0. The van der Waals surface area contributed by atoms with Crippen molar-refractivity contribution in [2.24, 2.45) is 12.2 Å². The van der Waals surface area contributed by atoms with Gasteiger partial charge >= 0.3 is 0 Å². The maximum atomic E-state index is 8.60. The highest BCUT2D eigenvalue weighted by molar-refractivity contribution is 5.74. The molecule has 4 heteroatoms. The molecule has 0 spiro atoms. The lowest BCUT2D eigenvalue weighted by molar-refractivity contribution is -0.672. The Hall–Kier alpha value is -1.43. The Balaban J connectivity index is 0.00000180. The first-order chi connectivity index (χ1) is 8.79. The standard InChI is InChI=1S/C15H16N2O.HI/c1-17-10-9-14(11-15(17)12-16-18)8-7-13-5-3-2-4-6-13;/h2-6,9-12H,7-8H2,1H3;1H. The maximum Gasteiger partial charge on any atom is 0.227 e. The van der Waals surface area contributed by atoms with Gasteiger partial charge in [0.25, 0.3) is 0 Å². The van der Waals surface area contributed by atoms with Gasteiger partial charge in [0.2, 0.25) is 5.69 Å². The van der Waals surface area contributed by atoms with Crippen LogP contribution in [-0.4, -0.2) is 11.4 Å². The van der Waals surface area contributed by atoms with Crippen molar-refractivity contribution in [3.8, 4) is 0 Å². The molecule has 0 radical (unpaired) electrons. The highest BCUT2D eigenvalue weighted by Gasteiger charge is 2.05. The van der Waals surface area contributed by atoms with Gasteiger partial charge < -0.3 is 29.2 Å². The minimum atomic E-state index is 0. The van der Waals surface area contributed by atoms with Crippen molar-refractivity contribution < 1.29 is 33.8 Å². The number of pyridine rings is 1. The van der Waals surface area contributed by atoms with E-state index in [4.69, 9.17) is 5.21 Å². The van der Waals surface area contributed by atoms with Crippen LogP contribution in [0.15, 0.2) is 53.8 Å². The van der Waals surface area contributed by atoms with Crippen molar-refractivity contribution in [2.45, 2.75) is 12.8 Å². The summed E-state index contributed by atoms with van der Waals surface area (Å²) in [6, 6.07) is 14.6. The highest BCUT2D eigenvalue weighted by atomic mass is 127. The molecule has 3 nitrogen and oxygen atoms in total. The average molecular weight is 368 g/mol. The zero-order chi connectivity index (χ0) is 12.8. The first-order valence-electron chi connectivity index (χ1n) is 5.99. The van der Waals surface area contributed by atoms with Gasteiger partial charge in [-0.2, -0.15) is 0 Å². The van der Waals surface area contributed by atoms with Crippen LogP contribution in [-0.2, 0) is 19.9 Å². The fourth-order valence-electron chi connectivity index (χ4n) is 1.91. The van der Waals surface area contributed by atoms with Crippen molar-refractivity contribution in [2.75, 3.05) is 0 Å². The number of rotatable bonds is 4. The fourth-order valence-corrected chi connectivity index (χ4v) is 1.91. The van der Waals surface area contributed by atoms with Crippen LogP contribution in [0.25, 0.3) is 0 Å². The van der Waals surface area contributed by atoms with Gasteiger partial charge in [0.05, 0.1) is 0 Å². The average Bonchev–Trinajstić information content (AvgIpc) is 2.41. The van der Waals surface area contributed by atoms with Gasteiger partial charge in [-0.25, -0.2) is 4.57 Å². The minimum absolute atomic E-state index is 0. The predicted molar refractivity (Wildman–Crippen MR) is 70.8 cm³/mol. The second-order valence-corrected chi connectivity index (χ2v) is 4.30. The summed E-state index contributed by atoms with van der Waals surface area (Å²) in [7, 11) is 1.93. The van der Waals surface area contributed by atoms with Crippen LogP contribution in [0.1, 0.15) is 16.8 Å². The molecule has 2 rings (SSSR count). The van der Waals surface area contributed by atoms with E-state index in [-0.39, 0.29) is 24.0 Å². The number of aryl methyl sites for hydroxylation is 3. The molecule has 0 unspecified atom stereocenters. The summed E-state index contributed by atoms with van der Waals surface area (Å²) in [4.78, 5) is 0. The molecule has 0 bridgehead atoms. The van der Waals surface area contributed by atoms with Crippen LogP contribution >= 0.6 is 0 Å². The Morgan fingerprint density at radius 1 is 1.11 bits per heavy atom. The summed E-state index contributed by atoms with van der Waals surface area (Å²) in [6.45, 7) is 0. The molecule has 2 aromatic rings. The molecule has 0 saturated heterocycles. The van der Waals surface area contributed by atoms with Crippen molar-refractivity contribution in [1.29, 1.82) is 0 Å². The second-order valence-electron chi connectivity index (χ2n) is 4.30. The third-order valence-corrected chi connectivity index (χ3v) is 2.99. The van der Waals surface area contributed by atoms with Crippen molar-refractivity contribution >= 4 is 6.21 Å². The SMILES string of the molecule is C[n+]1ccc(CCc2ccccc2)cc1/C=N/O.[I-]. The van der Waals surface area contributed by atoms with Gasteiger partial charge in [0.15, 0.2) is 6.20 Å². The van der Waals surface area contributed by atoms with E-state index in [1.807, 2.05) is 29.9 Å². The van der Waals surface area contributed by atoms with E-state index in [1.165, 1.54) is 17.3 Å². The Morgan fingerprint density at radius 3 is 2.47 bits per heavy atom. The monoisotopic (exact) mass is 368 g/mol. The molecular formula is C15H17IN2O. The van der Waals surface area contributed by atoms with Crippen molar-refractivity contribution in [1.82, 2.24) is 0 Å². The van der Waals surface area contributed by atoms with Crippen LogP contribution in [0.5, 0.6) is 0 Å². The number of hydrogen-bond donors (Lipinski definition) is 1. The Bertz CT molecular complexity index is 541. The molecule has 1 N–H and O–H groups in total. The van der Waals surface area contributed by atoms with E-state index in [1.54, 1.807) is 0 Å². The first kappa shape index (κ1) is 15.6. The molecule has 19 heavy (non-hydrogen) atoms. The molecule has 0 saturated carbocycles. The number of aromatic nitrogens is 1. The Morgan fingerprint density at radius 2 is 1.79 bits per heavy atom. The van der Waals surface area contributed by atoms with Gasteiger partial charge in [-0.05, 0) is 24.0 Å². The van der Waals surface area contributed by atoms with E-state index in [9.17, 15) is 0 Å². The van der Waals surface area contributed by atoms with E-state index in [0.717, 1.165) is 18.5 Å². The van der Waals surface area contributed by atoms with Gasteiger partial charge in [0.1, 0.15) is 13.3 Å². The molecule has 0 aliphatic carbocycles. The molecule has 0 amide bonds. The van der Waals surface area contributed by atoms with Crippen molar-refractivity contribution in [3.05, 3.63) is 65.5 Å². The highest BCUT2D eigenvalue weighted by Crippen LogP contribution is 2.06. The number of halogens is 1. The van der Waals surface area contributed by atoms with Crippen LogP contribution in [0, 0.1) is 0 Å². The molecule has 0 atom stereocenters. The van der Waals surface area contributed by atoms with E-state index in [2.05, 4.69) is 35.5 Å². The number of nitrogens with zero attached hydrogens (tertiary/aromatic N) is 2. The summed E-state index contributed by atoms with van der Waals surface area (Å²) in [5, 5.41) is 11.7. The largest absolute Gasteiger partial charge is 1.00 e. The third kappa shape index (κ3) is 4.63. The van der Waals surface area contributed by atoms with Crippen molar-refractivity contribution in [3.63, 3.8) is 0 Å². The lowest BCUT2D eigenvalue weighted by atomic mass is 10.0. The molecule has 0 aliphatic heterocycles. The smallest absolute Gasteiger partial charge is 0.227 e. The normalized spacial score (nSPS) is 10.4. The Kier molecular flexibility index (Phi) is 6.49. The van der Waals surface area contributed by atoms with E-state index < -0.39 is 0 Å². The lowest BCUT2D eigenvalue weighted by Crippen LogP contribution is -3.00. The molecule has 0 fully saturated rings. The lowest BCUT2D eigenvalue weighted by Gasteiger charge is -2.02. The van der Waals surface area contributed by atoms with E-state index in [0.29, 0.717) is 0 Å². The molecule has 1 heterocycles. The predicted octanol–water partition coefficient (Wildman–Crippen LogP) is -0.892. The molecular weight excluding hydrogens is 351 g/mol. The molecule has 0 aliphatic rings. The minimum Gasteiger partial charge on any atom is -1.00 e. The number of hydrogen-bond acceptors (Lipinski definition) is 2. The molecule has 1 aromatic carbocycles. The van der Waals surface area contributed by atoms with Crippen LogP contribution in [0.3, 0.4) is 0 Å². The molecule has 1 aromatic heterocycles. The quantitative estimate of drug-likeness (QED) is 0.246. The summed E-state index contributed by atoms with van der Waals surface area (Å²) in [6.07, 6.45) is 5.44. The van der Waals surface area contributed by atoms with E-state index >= 15 is 0 Å². The fraction of sp³-hybridized carbons (Fsp3) is 0.200. The Labute approximate surface area is 130 Å². The van der Waals surface area contributed by atoms with Crippen LogP contribution < -0.4 is 28.5 Å². The summed E-state index contributed by atoms with van der Waals surface area (Å²) in [5.74, 6) is 0. The zero-order valence-electron chi connectivity index (χ0n) is 10.8. The molecule has 100 valence electrons. The summed E-state index contributed by atoms with van der Waals surface area (Å²) in [5.41, 5.74) is 3.47. The number of benzene rings is 1.